The predicted molar refractivity (Wildman–Crippen MR) is 90.9 cm³/mol. The summed E-state index contributed by atoms with van der Waals surface area (Å²) < 4.78 is 0. The second-order valence-electron chi connectivity index (χ2n) is 5.05. The lowest BCUT2D eigenvalue weighted by molar-refractivity contribution is -0.116. The fourth-order valence-corrected chi connectivity index (χ4v) is 2.62. The van der Waals surface area contributed by atoms with Gasteiger partial charge < -0.3 is 15.5 Å². The van der Waals surface area contributed by atoms with Gasteiger partial charge in [0.25, 0.3) is 0 Å². The maximum Gasteiger partial charge on any atom is 0.225 e. The van der Waals surface area contributed by atoms with E-state index in [1.807, 2.05) is 0 Å². The molecule has 0 spiro atoms. The average molecular weight is 353 g/mol. The van der Waals surface area contributed by atoms with Gasteiger partial charge in [-0.2, -0.15) is 0 Å². The zero-order chi connectivity index (χ0) is 14.5. The number of rotatable bonds is 5. The zero-order valence-corrected chi connectivity index (χ0v) is 14.2. The van der Waals surface area contributed by atoms with Crippen LogP contribution in [0.2, 0.25) is 10.0 Å². The van der Waals surface area contributed by atoms with Crippen molar-refractivity contribution in [1.29, 1.82) is 0 Å². The molecule has 1 aliphatic rings. The molecule has 0 aromatic heterocycles. The Hall–Kier alpha value is -0.520. The number of carbonyl (C=O) groups is 1. The molecule has 1 fully saturated rings. The molecular weight excluding hydrogens is 333 g/mol. The molecule has 1 saturated heterocycles. The minimum absolute atomic E-state index is 0. The summed E-state index contributed by atoms with van der Waals surface area (Å²) in [4.78, 5) is 14.2. The van der Waals surface area contributed by atoms with Gasteiger partial charge >= 0.3 is 0 Å². The molecule has 0 aliphatic carbocycles. The van der Waals surface area contributed by atoms with Gasteiger partial charge in [0.1, 0.15) is 0 Å². The van der Waals surface area contributed by atoms with Crippen LogP contribution in [0.4, 0.5) is 5.69 Å². The van der Waals surface area contributed by atoms with Gasteiger partial charge in [-0.1, -0.05) is 23.2 Å². The van der Waals surface area contributed by atoms with Crippen LogP contribution in [-0.2, 0) is 4.79 Å². The Morgan fingerprint density at radius 3 is 2.90 bits per heavy atom. The Bertz CT molecular complexity index is 479. The molecule has 0 radical (unpaired) electrons. The van der Waals surface area contributed by atoms with E-state index in [9.17, 15) is 4.79 Å². The molecule has 1 amide bonds. The molecular formula is C14H20Cl3N3O. The molecule has 1 unspecified atom stereocenters. The van der Waals surface area contributed by atoms with Crippen molar-refractivity contribution in [3.63, 3.8) is 0 Å². The van der Waals surface area contributed by atoms with Gasteiger partial charge in [0.2, 0.25) is 5.91 Å². The monoisotopic (exact) mass is 351 g/mol. The minimum atomic E-state index is -0.0491. The van der Waals surface area contributed by atoms with Gasteiger partial charge in [0.15, 0.2) is 0 Å². The van der Waals surface area contributed by atoms with Crippen LogP contribution in [0.15, 0.2) is 18.2 Å². The first-order chi connectivity index (χ1) is 9.56. The largest absolute Gasteiger partial charge is 0.325 e. The standard InChI is InChI=1S/C14H19Cl2N3O.ClH/c1-19(11-4-6-17-9-11)7-5-14(20)18-13-8-10(15)2-3-12(13)16;/h2-3,8,11,17H,4-7,9H2,1H3,(H,18,20);1H. The topological polar surface area (TPSA) is 44.4 Å². The number of anilines is 1. The Kier molecular flexibility index (Phi) is 7.77. The number of hydrogen-bond donors (Lipinski definition) is 2. The molecule has 21 heavy (non-hydrogen) atoms. The molecule has 2 N–H and O–H groups in total. The molecule has 1 heterocycles. The molecule has 1 atom stereocenters. The maximum absolute atomic E-state index is 11.9. The van der Waals surface area contributed by atoms with Crippen molar-refractivity contribution < 1.29 is 4.79 Å². The Balaban J connectivity index is 0.00000220. The third-order valence-corrected chi connectivity index (χ3v) is 4.12. The van der Waals surface area contributed by atoms with Gasteiger partial charge in [0.05, 0.1) is 10.7 Å². The third-order valence-electron chi connectivity index (χ3n) is 3.55. The van der Waals surface area contributed by atoms with Crippen molar-refractivity contribution >= 4 is 47.2 Å². The first-order valence-electron chi connectivity index (χ1n) is 6.72. The van der Waals surface area contributed by atoms with E-state index in [4.69, 9.17) is 23.2 Å². The summed E-state index contributed by atoms with van der Waals surface area (Å²) in [5.74, 6) is -0.0491. The number of hydrogen-bond acceptors (Lipinski definition) is 3. The van der Waals surface area contributed by atoms with E-state index in [-0.39, 0.29) is 18.3 Å². The van der Waals surface area contributed by atoms with Gasteiger partial charge in [-0.3, -0.25) is 4.79 Å². The van der Waals surface area contributed by atoms with Crippen LogP contribution in [0.3, 0.4) is 0 Å². The summed E-state index contributed by atoms with van der Waals surface area (Å²) in [6.07, 6.45) is 1.58. The maximum atomic E-state index is 11.9. The number of likely N-dealkylation sites (N-methyl/N-ethyl adjacent to an activating group) is 1. The smallest absolute Gasteiger partial charge is 0.225 e. The van der Waals surface area contributed by atoms with Crippen LogP contribution in [0.1, 0.15) is 12.8 Å². The van der Waals surface area contributed by atoms with E-state index >= 15 is 0 Å². The molecule has 1 aromatic carbocycles. The highest BCUT2D eigenvalue weighted by molar-refractivity contribution is 6.35. The van der Waals surface area contributed by atoms with E-state index < -0.39 is 0 Å². The molecule has 0 bridgehead atoms. The Morgan fingerprint density at radius 2 is 2.24 bits per heavy atom. The van der Waals surface area contributed by atoms with Crippen molar-refractivity contribution in [2.24, 2.45) is 0 Å². The lowest BCUT2D eigenvalue weighted by atomic mass is 10.2. The number of amides is 1. The van der Waals surface area contributed by atoms with Crippen molar-refractivity contribution in [3.05, 3.63) is 28.2 Å². The lowest BCUT2D eigenvalue weighted by Crippen LogP contribution is -2.35. The average Bonchev–Trinajstić information content (AvgIpc) is 2.94. The fraction of sp³-hybridized carbons (Fsp3) is 0.500. The Morgan fingerprint density at radius 1 is 1.48 bits per heavy atom. The zero-order valence-electron chi connectivity index (χ0n) is 11.9. The van der Waals surface area contributed by atoms with Crippen molar-refractivity contribution in [1.82, 2.24) is 10.2 Å². The highest BCUT2D eigenvalue weighted by Crippen LogP contribution is 2.25. The van der Waals surface area contributed by atoms with Gasteiger partial charge in [-0.05, 0) is 38.2 Å². The number of halogens is 3. The van der Waals surface area contributed by atoms with Crippen molar-refractivity contribution in [2.75, 3.05) is 32.0 Å². The quantitative estimate of drug-likeness (QED) is 0.856. The van der Waals surface area contributed by atoms with E-state index in [1.54, 1.807) is 18.2 Å². The van der Waals surface area contributed by atoms with Gasteiger partial charge in [-0.25, -0.2) is 0 Å². The van der Waals surface area contributed by atoms with Gasteiger partial charge in [0, 0.05) is 30.6 Å². The molecule has 7 heteroatoms. The molecule has 118 valence electrons. The summed E-state index contributed by atoms with van der Waals surface area (Å²) in [5, 5.41) is 7.17. The summed E-state index contributed by atoms with van der Waals surface area (Å²) in [6, 6.07) is 5.56. The summed E-state index contributed by atoms with van der Waals surface area (Å²) in [6.45, 7) is 2.79. The number of nitrogens with zero attached hydrogens (tertiary/aromatic N) is 1. The SMILES string of the molecule is CN(CCC(=O)Nc1cc(Cl)ccc1Cl)C1CCNC1.Cl. The third kappa shape index (κ3) is 5.64. The van der Waals surface area contributed by atoms with Crippen LogP contribution >= 0.6 is 35.6 Å². The van der Waals surface area contributed by atoms with E-state index in [0.717, 1.165) is 26.1 Å². The van der Waals surface area contributed by atoms with Crippen LogP contribution in [-0.4, -0.2) is 43.5 Å². The Labute approximate surface area is 141 Å². The highest BCUT2D eigenvalue weighted by Gasteiger charge is 2.19. The molecule has 2 rings (SSSR count). The summed E-state index contributed by atoms with van der Waals surface area (Å²) >= 11 is 11.9. The van der Waals surface area contributed by atoms with E-state index in [2.05, 4.69) is 22.6 Å². The fourth-order valence-electron chi connectivity index (χ4n) is 2.28. The molecule has 1 aromatic rings. The number of carbonyl (C=O) groups excluding carboxylic acids is 1. The summed E-state index contributed by atoms with van der Waals surface area (Å²) in [7, 11) is 2.05. The van der Waals surface area contributed by atoms with Crippen molar-refractivity contribution in [2.45, 2.75) is 18.9 Å². The van der Waals surface area contributed by atoms with Gasteiger partial charge in [-0.15, -0.1) is 12.4 Å². The van der Waals surface area contributed by atoms with Crippen molar-refractivity contribution in [3.8, 4) is 0 Å². The molecule has 0 saturated carbocycles. The normalized spacial score (nSPS) is 17.6. The van der Waals surface area contributed by atoms with E-state index in [1.165, 1.54) is 0 Å². The predicted octanol–water partition coefficient (Wildman–Crippen LogP) is 3.04. The minimum Gasteiger partial charge on any atom is -0.325 e. The molecule has 4 nitrogen and oxygen atoms in total. The lowest BCUT2D eigenvalue weighted by Gasteiger charge is -2.23. The second-order valence-corrected chi connectivity index (χ2v) is 5.89. The first kappa shape index (κ1) is 18.5. The molecule has 1 aliphatic heterocycles. The van der Waals surface area contributed by atoms with E-state index in [0.29, 0.717) is 28.2 Å². The van der Waals surface area contributed by atoms with Crippen LogP contribution in [0.5, 0.6) is 0 Å². The number of benzene rings is 1. The summed E-state index contributed by atoms with van der Waals surface area (Å²) in [5.41, 5.74) is 0.564. The van der Waals surface area contributed by atoms with Crippen LogP contribution in [0.25, 0.3) is 0 Å². The highest BCUT2D eigenvalue weighted by atomic mass is 35.5. The first-order valence-corrected chi connectivity index (χ1v) is 7.47. The second kappa shape index (κ2) is 8.81. The number of nitrogens with one attached hydrogen (secondary N) is 2. The van der Waals surface area contributed by atoms with Crippen LogP contribution < -0.4 is 10.6 Å². The van der Waals surface area contributed by atoms with Crippen LogP contribution in [0, 0.1) is 0 Å².